The van der Waals surface area contributed by atoms with E-state index in [4.69, 9.17) is 0 Å². The van der Waals surface area contributed by atoms with E-state index in [1.54, 1.807) is 19.1 Å². The number of carbonyl (C=O) groups excluding carboxylic acids is 1. The number of hydrogen-bond acceptors (Lipinski definition) is 3. The van der Waals surface area contributed by atoms with Crippen LogP contribution in [0.4, 0.5) is 0 Å². The lowest BCUT2D eigenvalue weighted by Gasteiger charge is -2.10. The van der Waals surface area contributed by atoms with Crippen molar-refractivity contribution in [3.63, 3.8) is 0 Å². The minimum Gasteiger partial charge on any atom is -0.351 e. The van der Waals surface area contributed by atoms with Crippen LogP contribution >= 0.6 is 0 Å². The molecule has 0 atom stereocenters. The van der Waals surface area contributed by atoms with Crippen LogP contribution in [0, 0.1) is 19.8 Å². The van der Waals surface area contributed by atoms with E-state index >= 15 is 0 Å². The van der Waals surface area contributed by atoms with E-state index < -0.39 is 10.0 Å². The summed E-state index contributed by atoms with van der Waals surface area (Å²) in [5.74, 6) is 0.367. The van der Waals surface area contributed by atoms with Crippen molar-refractivity contribution in [3.8, 4) is 0 Å². The van der Waals surface area contributed by atoms with Gasteiger partial charge in [-0.2, -0.15) is 0 Å². The third kappa shape index (κ3) is 4.96. The summed E-state index contributed by atoms with van der Waals surface area (Å²) in [6.45, 7) is 4.04. The van der Waals surface area contributed by atoms with Gasteiger partial charge < -0.3 is 5.32 Å². The van der Waals surface area contributed by atoms with Crippen LogP contribution < -0.4 is 10.0 Å². The van der Waals surface area contributed by atoms with Crippen molar-refractivity contribution in [1.82, 2.24) is 10.0 Å². The molecule has 1 saturated carbocycles. The van der Waals surface area contributed by atoms with Crippen LogP contribution in [-0.2, 0) is 14.8 Å². The Morgan fingerprint density at radius 1 is 1.27 bits per heavy atom. The van der Waals surface area contributed by atoms with Gasteiger partial charge in [-0.3, -0.25) is 4.79 Å². The zero-order valence-electron chi connectivity index (χ0n) is 12.9. The number of amides is 1. The summed E-state index contributed by atoms with van der Waals surface area (Å²) >= 11 is 0. The molecule has 1 aromatic rings. The minimum atomic E-state index is -3.55. The highest BCUT2D eigenvalue weighted by Gasteiger charge is 2.18. The van der Waals surface area contributed by atoms with Gasteiger partial charge in [-0.1, -0.05) is 18.2 Å². The molecule has 1 aromatic carbocycles. The Balaban J connectivity index is 1.82. The molecule has 0 bridgehead atoms. The SMILES string of the molecule is Cc1ccc(C)c(S(=O)(=O)NCCNC(=O)/C=C/C2CC2)c1. The fourth-order valence-corrected chi connectivity index (χ4v) is 3.38. The average molecular weight is 322 g/mol. The van der Waals surface area contributed by atoms with Gasteiger partial charge in [-0.25, -0.2) is 13.1 Å². The molecule has 0 spiro atoms. The lowest BCUT2D eigenvalue weighted by atomic mass is 10.2. The first-order valence-electron chi connectivity index (χ1n) is 7.41. The van der Waals surface area contributed by atoms with Crippen molar-refractivity contribution in [2.75, 3.05) is 13.1 Å². The highest BCUT2D eigenvalue weighted by atomic mass is 32.2. The molecule has 120 valence electrons. The van der Waals surface area contributed by atoms with Crippen molar-refractivity contribution < 1.29 is 13.2 Å². The standard InChI is InChI=1S/C16H22N2O3S/c1-12-3-4-13(2)15(11-12)22(20,21)18-10-9-17-16(19)8-7-14-5-6-14/h3-4,7-8,11,14,18H,5-6,9-10H2,1-2H3,(H,17,19)/b8-7+. The van der Waals surface area contributed by atoms with Crippen LogP contribution in [0.25, 0.3) is 0 Å². The monoisotopic (exact) mass is 322 g/mol. The highest BCUT2D eigenvalue weighted by molar-refractivity contribution is 7.89. The Kier molecular flexibility index (Phi) is 5.37. The average Bonchev–Trinajstić information content (AvgIpc) is 3.28. The Bertz CT molecular complexity index is 677. The zero-order valence-corrected chi connectivity index (χ0v) is 13.7. The number of sulfonamides is 1. The first-order chi connectivity index (χ1) is 10.4. The van der Waals surface area contributed by atoms with Gasteiger partial charge >= 0.3 is 0 Å². The molecule has 1 amide bonds. The second-order valence-electron chi connectivity index (χ2n) is 5.65. The number of aryl methyl sites for hydroxylation is 2. The largest absolute Gasteiger partial charge is 0.351 e. The molecule has 2 N–H and O–H groups in total. The molecule has 0 aromatic heterocycles. The minimum absolute atomic E-state index is 0.165. The van der Waals surface area contributed by atoms with E-state index in [2.05, 4.69) is 10.0 Å². The summed E-state index contributed by atoms with van der Waals surface area (Å²) in [5.41, 5.74) is 1.60. The van der Waals surface area contributed by atoms with Gasteiger partial charge in [0.15, 0.2) is 0 Å². The maximum atomic E-state index is 12.2. The second-order valence-corrected chi connectivity index (χ2v) is 7.39. The van der Waals surface area contributed by atoms with Crippen LogP contribution in [0.15, 0.2) is 35.2 Å². The van der Waals surface area contributed by atoms with E-state index in [0.29, 0.717) is 11.5 Å². The van der Waals surface area contributed by atoms with Crippen LogP contribution in [0.5, 0.6) is 0 Å². The Morgan fingerprint density at radius 2 is 2.00 bits per heavy atom. The molecule has 1 fully saturated rings. The van der Waals surface area contributed by atoms with Gasteiger partial charge in [-0.05, 0) is 55.9 Å². The normalized spacial score (nSPS) is 15.2. The van der Waals surface area contributed by atoms with E-state index in [0.717, 1.165) is 18.4 Å². The number of hydrogen-bond donors (Lipinski definition) is 2. The Labute approximate surface area is 131 Å². The molecule has 1 aliphatic rings. The smallest absolute Gasteiger partial charge is 0.243 e. The number of nitrogens with one attached hydrogen (secondary N) is 2. The molecule has 0 heterocycles. The van der Waals surface area contributed by atoms with Gasteiger partial charge in [0.25, 0.3) is 0 Å². The summed E-state index contributed by atoms with van der Waals surface area (Å²) in [6, 6.07) is 5.31. The van der Waals surface area contributed by atoms with Crippen molar-refractivity contribution >= 4 is 15.9 Å². The summed E-state index contributed by atoms with van der Waals surface area (Å²) in [6.07, 6.45) is 5.73. The van der Waals surface area contributed by atoms with Crippen LogP contribution in [-0.4, -0.2) is 27.4 Å². The second kappa shape index (κ2) is 7.07. The van der Waals surface area contributed by atoms with E-state index in [1.807, 2.05) is 19.1 Å². The fraction of sp³-hybridized carbons (Fsp3) is 0.438. The molecule has 22 heavy (non-hydrogen) atoms. The molecule has 2 rings (SSSR count). The van der Waals surface area contributed by atoms with Crippen LogP contribution in [0.3, 0.4) is 0 Å². The number of rotatable bonds is 7. The van der Waals surface area contributed by atoms with Crippen LogP contribution in [0.1, 0.15) is 24.0 Å². The van der Waals surface area contributed by atoms with Gasteiger partial charge in [0.1, 0.15) is 0 Å². The fourth-order valence-electron chi connectivity index (χ4n) is 2.02. The maximum Gasteiger partial charge on any atom is 0.243 e. The maximum absolute atomic E-state index is 12.2. The first-order valence-corrected chi connectivity index (χ1v) is 8.90. The highest BCUT2D eigenvalue weighted by Crippen LogP contribution is 2.29. The van der Waals surface area contributed by atoms with E-state index in [-0.39, 0.29) is 23.9 Å². The lowest BCUT2D eigenvalue weighted by molar-refractivity contribution is -0.116. The molecule has 0 radical (unpaired) electrons. The van der Waals surface area contributed by atoms with Crippen LogP contribution in [0.2, 0.25) is 0 Å². The summed E-state index contributed by atoms with van der Waals surface area (Å²) in [7, 11) is -3.55. The van der Waals surface area contributed by atoms with Gasteiger partial charge in [0.2, 0.25) is 15.9 Å². The molecular formula is C16H22N2O3S. The zero-order chi connectivity index (χ0) is 16.2. The topological polar surface area (TPSA) is 75.3 Å². The Morgan fingerprint density at radius 3 is 2.68 bits per heavy atom. The third-order valence-corrected chi connectivity index (χ3v) is 5.09. The number of carbonyl (C=O) groups is 1. The summed E-state index contributed by atoms with van der Waals surface area (Å²) in [5, 5.41) is 2.66. The molecule has 5 nitrogen and oxygen atoms in total. The van der Waals surface area contributed by atoms with Crippen molar-refractivity contribution in [2.24, 2.45) is 5.92 Å². The lowest BCUT2D eigenvalue weighted by Crippen LogP contribution is -2.34. The molecule has 0 aliphatic heterocycles. The quantitative estimate of drug-likeness (QED) is 0.592. The van der Waals surface area contributed by atoms with Crippen molar-refractivity contribution in [3.05, 3.63) is 41.5 Å². The molecule has 6 heteroatoms. The first kappa shape index (κ1) is 16.7. The summed E-state index contributed by atoms with van der Waals surface area (Å²) in [4.78, 5) is 11.8. The number of benzene rings is 1. The van der Waals surface area contributed by atoms with Gasteiger partial charge in [0, 0.05) is 13.1 Å². The molecule has 1 aliphatic carbocycles. The Hall–Kier alpha value is -1.66. The van der Waals surface area contributed by atoms with Crippen molar-refractivity contribution in [2.45, 2.75) is 31.6 Å². The molecule has 0 saturated heterocycles. The predicted molar refractivity (Wildman–Crippen MR) is 86.0 cm³/mol. The van der Waals surface area contributed by atoms with Crippen molar-refractivity contribution in [1.29, 1.82) is 0 Å². The van der Waals surface area contributed by atoms with Gasteiger partial charge in [-0.15, -0.1) is 0 Å². The van der Waals surface area contributed by atoms with Gasteiger partial charge in [0.05, 0.1) is 4.90 Å². The molecule has 0 unspecified atom stereocenters. The third-order valence-electron chi connectivity index (χ3n) is 3.49. The summed E-state index contributed by atoms with van der Waals surface area (Å²) < 4.78 is 27.0. The van der Waals surface area contributed by atoms with E-state index in [9.17, 15) is 13.2 Å². The number of allylic oxidation sites excluding steroid dienone is 1. The predicted octanol–water partition coefficient (Wildman–Crippen LogP) is 1.66. The molecular weight excluding hydrogens is 300 g/mol. The van der Waals surface area contributed by atoms with E-state index in [1.165, 1.54) is 6.08 Å².